The molecule has 0 bridgehead atoms. The highest BCUT2D eigenvalue weighted by Gasteiger charge is 2.35. The molecule has 0 radical (unpaired) electrons. The highest BCUT2D eigenvalue weighted by molar-refractivity contribution is 6.30. The predicted molar refractivity (Wildman–Crippen MR) is 97.4 cm³/mol. The number of likely N-dealkylation sites (tertiary alicyclic amines) is 1. The lowest BCUT2D eigenvalue weighted by Crippen LogP contribution is -2.37. The summed E-state index contributed by atoms with van der Waals surface area (Å²) >= 11 is 5.78. The van der Waals surface area contributed by atoms with Crippen LogP contribution in [0.3, 0.4) is 0 Å². The second-order valence-corrected chi connectivity index (χ2v) is 7.60. The minimum Gasteiger partial charge on any atom is -0.339 e. The van der Waals surface area contributed by atoms with E-state index >= 15 is 0 Å². The fraction of sp³-hybridized carbons (Fsp3) is 0.611. The van der Waals surface area contributed by atoms with Crippen molar-refractivity contribution in [2.24, 2.45) is 5.92 Å². The fourth-order valence-corrected chi connectivity index (χ4v) is 3.99. The van der Waals surface area contributed by atoms with Crippen LogP contribution in [0.25, 0.3) is 0 Å². The van der Waals surface area contributed by atoms with Crippen LogP contribution in [0.2, 0.25) is 5.02 Å². The number of aromatic nitrogens is 1. The van der Waals surface area contributed by atoms with Gasteiger partial charge in [-0.15, -0.1) is 0 Å². The summed E-state index contributed by atoms with van der Waals surface area (Å²) in [5.41, 5.74) is 0. The lowest BCUT2D eigenvalue weighted by Gasteiger charge is -2.25. The number of pyridine rings is 1. The summed E-state index contributed by atoms with van der Waals surface area (Å²) in [6.07, 6.45) is 6.86. The number of carbonyl (C=O) groups is 2. The minimum absolute atomic E-state index is 0.116. The molecule has 25 heavy (non-hydrogen) atoms. The summed E-state index contributed by atoms with van der Waals surface area (Å²) in [6.45, 7) is 1.85. The van der Waals surface area contributed by atoms with Crippen LogP contribution in [0, 0.1) is 5.92 Å². The number of nitrogens with one attached hydrogen (secondary N) is 1. The maximum Gasteiger partial charge on any atom is 0.239 e. The Labute approximate surface area is 153 Å². The van der Waals surface area contributed by atoms with Crippen molar-refractivity contribution in [2.75, 3.05) is 32.0 Å². The summed E-state index contributed by atoms with van der Waals surface area (Å²) in [4.78, 5) is 32.5. The zero-order valence-corrected chi connectivity index (χ0v) is 15.3. The number of likely N-dealkylation sites (N-methyl/N-ethyl adjacent to an activating group) is 1. The predicted octanol–water partition coefficient (Wildman–Crippen LogP) is 2.40. The van der Waals surface area contributed by atoms with E-state index in [1.54, 1.807) is 12.1 Å². The SMILES string of the molecule is CN(CC(=O)Nc1ccc(Cl)cn1)CC1CC(=O)N(C2CCCC2)C1. The standard InChI is InChI=1S/C18H25ClN4O2/c1-22(12-17(24)21-16-7-6-14(19)9-20-16)10-13-8-18(25)23(11-13)15-4-2-3-5-15/h6-7,9,13,15H,2-5,8,10-12H2,1H3,(H,20,21,24). The Morgan fingerprint density at radius 1 is 1.40 bits per heavy atom. The van der Waals surface area contributed by atoms with E-state index < -0.39 is 0 Å². The van der Waals surface area contributed by atoms with E-state index in [2.05, 4.69) is 15.2 Å². The molecule has 6 nitrogen and oxygen atoms in total. The number of amides is 2. The maximum atomic E-state index is 12.3. The Bertz CT molecular complexity index is 616. The molecule has 2 heterocycles. The normalized spacial score (nSPS) is 21.3. The average Bonchev–Trinajstić information content (AvgIpc) is 3.19. The molecule has 1 aliphatic carbocycles. The number of hydrogen-bond donors (Lipinski definition) is 1. The Balaban J connectivity index is 1.44. The Morgan fingerprint density at radius 2 is 2.16 bits per heavy atom. The smallest absolute Gasteiger partial charge is 0.239 e. The summed E-state index contributed by atoms with van der Waals surface area (Å²) < 4.78 is 0. The van der Waals surface area contributed by atoms with Crippen LogP contribution in [0.1, 0.15) is 32.1 Å². The molecular weight excluding hydrogens is 340 g/mol. The van der Waals surface area contributed by atoms with Crippen molar-refractivity contribution in [1.29, 1.82) is 0 Å². The molecule has 3 rings (SSSR count). The molecule has 1 saturated carbocycles. The minimum atomic E-state index is -0.116. The van der Waals surface area contributed by atoms with Gasteiger partial charge in [-0.1, -0.05) is 24.4 Å². The van der Waals surface area contributed by atoms with E-state index in [1.165, 1.54) is 19.0 Å². The van der Waals surface area contributed by atoms with Crippen molar-refractivity contribution >= 4 is 29.2 Å². The van der Waals surface area contributed by atoms with Crippen LogP contribution in [0.4, 0.5) is 5.82 Å². The van der Waals surface area contributed by atoms with Crippen molar-refractivity contribution in [3.8, 4) is 0 Å². The molecule has 2 fully saturated rings. The summed E-state index contributed by atoms with van der Waals surface area (Å²) in [6, 6.07) is 3.81. The maximum absolute atomic E-state index is 12.3. The number of anilines is 1. The van der Waals surface area contributed by atoms with E-state index in [9.17, 15) is 9.59 Å². The lowest BCUT2D eigenvalue weighted by molar-refractivity contribution is -0.129. The second-order valence-electron chi connectivity index (χ2n) is 7.16. The molecule has 0 spiro atoms. The molecule has 136 valence electrons. The first-order valence-corrected chi connectivity index (χ1v) is 9.28. The molecule has 1 saturated heterocycles. The monoisotopic (exact) mass is 364 g/mol. The van der Waals surface area contributed by atoms with Crippen molar-refractivity contribution < 1.29 is 9.59 Å². The largest absolute Gasteiger partial charge is 0.339 e. The first kappa shape index (κ1) is 18.1. The number of carbonyl (C=O) groups excluding carboxylic acids is 2. The van der Waals surface area contributed by atoms with E-state index in [1.807, 2.05) is 11.9 Å². The van der Waals surface area contributed by atoms with Gasteiger partial charge in [-0.25, -0.2) is 4.98 Å². The van der Waals surface area contributed by atoms with Gasteiger partial charge < -0.3 is 10.2 Å². The first-order chi connectivity index (χ1) is 12.0. The van der Waals surface area contributed by atoms with Gasteiger partial charge in [0.25, 0.3) is 0 Å². The topological polar surface area (TPSA) is 65.5 Å². The van der Waals surface area contributed by atoms with Crippen LogP contribution in [-0.4, -0.2) is 59.3 Å². The fourth-order valence-electron chi connectivity index (χ4n) is 3.88. The molecular formula is C18H25ClN4O2. The Kier molecular flexibility index (Phi) is 5.91. The molecule has 1 N–H and O–H groups in total. The van der Waals surface area contributed by atoms with E-state index in [-0.39, 0.29) is 18.4 Å². The van der Waals surface area contributed by atoms with Crippen molar-refractivity contribution in [3.63, 3.8) is 0 Å². The molecule has 2 aliphatic rings. The highest BCUT2D eigenvalue weighted by Crippen LogP contribution is 2.29. The van der Waals surface area contributed by atoms with Gasteiger partial charge in [-0.3, -0.25) is 14.5 Å². The first-order valence-electron chi connectivity index (χ1n) is 8.90. The molecule has 0 aromatic carbocycles. The third kappa shape index (κ3) is 4.92. The zero-order valence-electron chi connectivity index (χ0n) is 14.6. The van der Waals surface area contributed by atoms with E-state index in [0.717, 1.165) is 25.9 Å². The molecule has 1 aromatic rings. The number of halogens is 1. The number of nitrogens with zero attached hydrogens (tertiary/aromatic N) is 3. The third-order valence-electron chi connectivity index (χ3n) is 4.98. The molecule has 7 heteroatoms. The summed E-state index contributed by atoms with van der Waals surface area (Å²) in [5, 5.41) is 3.29. The van der Waals surface area contributed by atoms with Gasteiger partial charge in [-0.2, -0.15) is 0 Å². The third-order valence-corrected chi connectivity index (χ3v) is 5.21. The summed E-state index contributed by atoms with van der Waals surface area (Å²) in [5.74, 6) is 0.959. The van der Waals surface area contributed by atoms with Crippen LogP contribution < -0.4 is 5.32 Å². The second kappa shape index (κ2) is 8.15. The van der Waals surface area contributed by atoms with Crippen molar-refractivity contribution in [1.82, 2.24) is 14.8 Å². The van der Waals surface area contributed by atoms with Crippen LogP contribution in [0.5, 0.6) is 0 Å². The number of hydrogen-bond acceptors (Lipinski definition) is 4. The van der Waals surface area contributed by atoms with Gasteiger partial charge in [0.2, 0.25) is 11.8 Å². The molecule has 1 aromatic heterocycles. The van der Waals surface area contributed by atoms with Gasteiger partial charge >= 0.3 is 0 Å². The zero-order chi connectivity index (χ0) is 17.8. The Hall–Kier alpha value is -1.66. The Morgan fingerprint density at radius 3 is 2.84 bits per heavy atom. The molecule has 1 aliphatic heterocycles. The van der Waals surface area contributed by atoms with Gasteiger partial charge in [0.05, 0.1) is 11.6 Å². The average molecular weight is 365 g/mol. The van der Waals surface area contributed by atoms with E-state index in [0.29, 0.717) is 29.2 Å². The van der Waals surface area contributed by atoms with Gasteiger partial charge in [0, 0.05) is 31.7 Å². The molecule has 1 unspecified atom stereocenters. The molecule has 2 amide bonds. The van der Waals surface area contributed by atoms with Crippen molar-refractivity contribution in [3.05, 3.63) is 23.4 Å². The van der Waals surface area contributed by atoms with Gasteiger partial charge in [0.1, 0.15) is 5.82 Å². The van der Waals surface area contributed by atoms with Crippen LogP contribution in [0.15, 0.2) is 18.3 Å². The van der Waals surface area contributed by atoms with Crippen LogP contribution in [-0.2, 0) is 9.59 Å². The quantitative estimate of drug-likeness (QED) is 0.841. The summed E-state index contributed by atoms with van der Waals surface area (Å²) in [7, 11) is 1.91. The van der Waals surface area contributed by atoms with Gasteiger partial charge in [0.15, 0.2) is 0 Å². The number of rotatable bonds is 6. The van der Waals surface area contributed by atoms with Crippen molar-refractivity contribution in [2.45, 2.75) is 38.1 Å². The van der Waals surface area contributed by atoms with Crippen LogP contribution >= 0.6 is 11.6 Å². The van der Waals surface area contributed by atoms with E-state index in [4.69, 9.17) is 11.6 Å². The van der Waals surface area contributed by atoms with Gasteiger partial charge in [-0.05, 0) is 37.9 Å². The highest BCUT2D eigenvalue weighted by atomic mass is 35.5. The lowest BCUT2D eigenvalue weighted by atomic mass is 10.1. The molecule has 1 atom stereocenters.